The zero-order chi connectivity index (χ0) is 6.41. The lowest BCUT2D eigenvalue weighted by Crippen LogP contribution is -1.90. The number of methoxy groups -OCH3 is 1. The number of aliphatic hydroxyl groups is 1. The second kappa shape index (κ2) is 4.16. The summed E-state index contributed by atoms with van der Waals surface area (Å²) in [7, 11) is 1.46. The normalized spacial score (nSPS) is 10.8. The van der Waals surface area contributed by atoms with Crippen molar-refractivity contribution in [2.24, 2.45) is 0 Å². The molecule has 0 atom stereocenters. The third-order valence-corrected chi connectivity index (χ3v) is 0.599. The zero-order valence-corrected chi connectivity index (χ0v) is 4.59. The molecule has 3 nitrogen and oxygen atoms in total. The first-order valence-corrected chi connectivity index (χ1v) is 2.07. The highest BCUT2D eigenvalue weighted by Crippen LogP contribution is 1.87. The van der Waals surface area contributed by atoms with Gasteiger partial charge in [-0.25, -0.2) is 0 Å². The van der Waals surface area contributed by atoms with Gasteiger partial charge in [0, 0.05) is 7.11 Å². The van der Waals surface area contributed by atoms with Crippen LogP contribution >= 0.6 is 0 Å². The van der Waals surface area contributed by atoms with Crippen LogP contribution in [0.5, 0.6) is 0 Å². The minimum Gasteiger partial charge on any atom is -0.514 e. The van der Waals surface area contributed by atoms with Crippen molar-refractivity contribution < 1.29 is 9.84 Å². The predicted molar refractivity (Wildman–Crippen MR) is 28.2 cm³/mol. The van der Waals surface area contributed by atoms with E-state index in [-0.39, 0.29) is 12.2 Å². The van der Waals surface area contributed by atoms with Gasteiger partial charge in [0.1, 0.15) is 6.07 Å². The van der Waals surface area contributed by atoms with Crippen molar-refractivity contribution in [3.63, 3.8) is 0 Å². The average molecular weight is 113 g/mol. The van der Waals surface area contributed by atoms with Crippen molar-refractivity contribution in [1.82, 2.24) is 0 Å². The topological polar surface area (TPSA) is 53.2 Å². The molecule has 0 unspecified atom stereocenters. The van der Waals surface area contributed by atoms with E-state index >= 15 is 0 Å². The Bertz CT molecular complexity index is 123. The summed E-state index contributed by atoms with van der Waals surface area (Å²) >= 11 is 0. The smallest absolute Gasteiger partial charge is 0.100 e. The largest absolute Gasteiger partial charge is 0.514 e. The molecule has 0 heterocycles. The number of nitrogens with zero attached hydrogens (tertiary/aromatic N) is 1. The Labute approximate surface area is 47.8 Å². The minimum atomic E-state index is 0.174. The number of rotatable bonds is 2. The summed E-state index contributed by atoms with van der Waals surface area (Å²) in [6.07, 6.45) is 0.740. The molecule has 0 aromatic carbocycles. The summed E-state index contributed by atoms with van der Waals surface area (Å²) < 4.78 is 4.53. The molecule has 0 fully saturated rings. The van der Waals surface area contributed by atoms with Crippen molar-refractivity contribution in [3.8, 4) is 6.07 Å². The van der Waals surface area contributed by atoms with Gasteiger partial charge in [-0.15, -0.1) is 0 Å². The highest BCUT2D eigenvalue weighted by Gasteiger charge is 1.89. The minimum absolute atomic E-state index is 0.174. The first-order chi connectivity index (χ1) is 3.85. The molecule has 44 valence electrons. The standard InChI is InChI=1S/C5H7NO2/c1-8-4-5(2-6)3-7/h3,7H,4H2,1H3. The Hall–Kier alpha value is -1.01. The summed E-state index contributed by atoms with van der Waals surface area (Å²) in [5.41, 5.74) is 0.229. The van der Waals surface area contributed by atoms with E-state index in [0.717, 1.165) is 6.26 Å². The van der Waals surface area contributed by atoms with Gasteiger partial charge in [-0.3, -0.25) is 0 Å². The summed E-state index contributed by atoms with van der Waals surface area (Å²) in [5.74, 6) is 0. The lowest BCUT2D eigenvalue weighted by atomic mass is 10.4. The molecule has 0 saturated heterocycles. The van der Waals surface area contributed by atoms with Crippen LogP contribution in [0, 0.1) is 11.3 Å². The second-order valence-electron chi connectivity index (χ2n) is 1.20. The molecule has 8 heavy (non-hydrogen) atoms. The first-order valence-electron chi connectivity index (χ1n) is 2.07. The van der Waals surface area contributed by atoms with E-state index < -0.39 is 0 Å². The van der Waals surface area contributed by atoms with Crippen molar-refractivity contribution in [2.45, 2.75) is 0 Å². The maximum Gasteiger partial charge on any atom is 0.100 e. The Morgan fingerprint density at radius 1 is 2.00 bits per heavy atom. The van der Waals surface area contributed by atoms with Gasteiger partial charge in [0.15, 0.2) is 0 Å². The summed E-state index contributed by atoms with van der Waals surface area (Å²) in [4.78, 5) is 0. The second-order valence-corrected chi connectivity index (χ2v) is 1.20. The quantitative estimate of drug-likeness (QED) is 0.421. The molecule has 0 aromatic heterocycles. The fraction of sp³-hybridized carbons (Fsp3) is 0.400. The molecule has 0 amide bonds. The van der Waals surface area contributed by atoms with Crippen LogP contribution in [0.1, 0.15) is 0 Å². The molecule has 0 aromatic rings. The SMILES string of the molecule is COCC(C#N)=CO. The van der Waals surface area contributed by atoms with E-state index in [4.69, 9.17) is 10.4 Å². The first kappa shape index (κ1) is 6.99. The van der Waals surface area contributed by atoms with Gasteiger partial charge >= 0.3 is 0 Å². The molecule has 0 bridgehead atoms. The van der Waals surface area contributed by atoms with E-state index in [0.29, 0.717) is 0 Å². The van der Waals surface area contributed by atoms with Crippen LogP contribution < -0.4 is 0 Å². The van der Waals surface area contributed by atoms with Crippen molar-refractivity contribution in [3.05, 3.63) is 11.8 Å². The van der Waals surface area contributed by atoms with Gasteiger partial charge in [0.25, 0.3) is 0 Å². The van der Waals surface area contributed by atoms with E-state index in [1.165, 1.54) is 7.11 Å². The van der Waals surface area contributed by atoms with E-state index in [2.05, 4.69) is 4.74 Å². The monoisotopic (exact) mass is 113 g/mol. The van der Waals surface area contributed by atoms with Crippen LogP contribution in [-0.4, -0.2) is 18.8 Å². The maximum atomic E-state index is 8.19. The Kier molecular flexibility index (Phi) is 3.63. The number of aliphatic hydroxyl groups excluding tert-OH is 1. The van der Waals surface area contributed by atoms with E-state index in [1.807, 2.05) is 0 Å². The lowest BCUT2D eigenvalue weighted by molar-refractivity contribution is 0.226. The van der Waals surface area contributed by atoms with Gasteiger partial charge < -0.3 is 9.84 Å². The van der Waals surface area contributed by atoms with Gasteiger partial charge in [-0.2, -0.15) is 5.26 Å². The molecule has 3 heteroatoms. The molecular weight excluding hydrogens is 106 g/mol. The fourth-order valence-corrected chi connectivity index (χ4v) is 0.254. The third kappa shape index (κ3) is 2.21. The maximum absolute atomic E-state index is 8.19. The number of hydrogen-bond acceptors (Lipinski definition) is 3. The molecular formula is C5H7NO2. The van der Waals surface area contributed by atoms with Gasteiger partial charge in [0.05, 0.1) is 18.4 Å². The van der Waals surface area contributed by atoms with Gasteiger partial charge in [-0.05, 0) is 0 Å². The van der Waals surface area contributed by atoms with Crippen LogP contribution in [0.2, 0.25) is 0 Å². The summed E-state index contributed by atoms with van der Waals surface area (Å²) in [6.45, 7) is 0.174. The number of hydrogen-bond donors (Lipinski definition) is 1. The Balaban J connectivity index is 3.60. The van der Waals surface area contributed by atoms with Gasteiger partial charge in [0.2, 0.25) is 0 Å². The van der Waals surface area contributed by atoms with Crippen LogP contribution in [-0.2, 0) is 4.74 Å². The third-order valence-electron chi connectivity index (χ3n) is 0.599. The van der Waals surface area contributed by atoms with Crippen molar-refractivity contribution in [1.29, 1.82) is 5.26 Å². The highest BCUT2D eigenvalue weighted by molar-refractivity contribution is 5.17. The molecule has 0 spiro atoms. The highest BCUT2D eigenvalue weighted by atomic mass is 16.5. The van der Waals surface area contributed by atoms with E-state index in [1.54, 1.807) is 6.07 Å². The average Bonchev–Trinajstić information content (AvgIpc) is 1.83. The molecule has 1 N–H and O–H groups in total. The predicted octanol–water partition coefficient (Wildman–Crippen LogP) is 0.598. The van der Waals surface area contributed by atoms with Crippen molar-refractivity contribution >= 4 is 0 Å². The molecule has 0 aliphatic carbocycles. The van der Waals surface area contributed by atoms with Crippen LogP contribution in [0.25, 0.3) is 0 Å². The summed E-state index contributed by atoms with van der Waals surface area (Å²) in [6, 6.07) is 1.74. The van der Waals surface area contributed by atoms with E-state index in [9.17, 15) is 0 Å². The lowest BCUT2D eigenvalue weighted by Gasteiger charge is -1.89. The summed E-state index contributed by atoms with van der Waals surface area (Å²) in [5, 5.41) is 16.3. The fourth-order valence-electron chi connectivity index (χ4n) is 0.254. The van der Waals surface area contributed by atoms with Crippen LogP contribution in [0.15, 0.2) is 11.8 Å². The molecule has 0 saturated carbocycles. The number of ether oxygens (including phenoxy) is 1. The molecule has 0 rings (SSSR count). The number of nitriles is 1. The van der Waals surface area contributed by atoms with Crippen LogP contribution in [0.3, 0.4) is 0 Å². The van der Waals surface area contributed by atoms with Crippen molar-refractivity contribution in [2.75, 3.05) is 13.7 Å². The Morgan fingerprint density at radius 2 is 2.62 bits per heavy atom. The Morgan fingerprint density at radius 3 is 2.75 bits per heavy atom. The van der Waals surface area contributed by atoms with Crippen LogP contribution in [0.4, 0.5) is 0 Å². The molecule has 0 aliphatic heterocycles. The molecule has 0 radical (unpaired) electrons. The van der Waals surface area contributed by atoms with Gasteiger partial charge in [-0.1, -0.05) is 0 Å². The molecule has 0 aliphatic rings. The zero-order valence-electron chi connectivity index (χ0n) is 4.59.